The number of hydrogen-bond donors (Lipinski definition) is 2. The molecule has 0 amide bonds. The van der Waals surface area contributed by atoms with Crippen LogP contribution in [0.3, 0.4) is 0 Å². The minimum absolute atomic E-state index is 0.0104. The Morgan fingerprint density at radius 2 is 2.00 bits per heavy atom. The second-order valence-corrected chi connectivity index (χ2v) is 7.89. The van der Waals surface area contributed by atoms with Crippen molar-refractivity contribution in [1.29, 1.82) is 0 Å². The van der Waals surface area contributed by atoms with Gasteiger partial charge in [0.2, 0.25) is 0 Å². The highest BCUT2D eigenvalue weighted by atomic mass is 32.2. The van der Waals surface area contributed by atoms with Crippen LogP contribution in [0.5, 0.6) is 0 Å². The van der Waals surface area contributed by atoms with Crippen LogP contribution in [0.1, 0.15) is 45.4 Å². The van der Waals surface area contributed by atoms with Crippen LogP contribution in [0.25, 0.3) is 0 Å². The fraction of sp³-hybridized carbons (Fsp3) is 1.00. The molecule has 1 fully saturated rings. The Morgan fingerprint density at radius 1 is 1.33 bits per heavy atom. The third-order valence-corrected chi connectivity index (χ3v) is 4.77. The molecular formula is C13H27NO3S. The Kier molecular flexibility index (Phi) is 6.60. The van der Waals surface area contributed by atoms with E-state index < -0.39 is 9.84 Å². The minimum Gasteiger partial charge on any atom is -0.393 e. The smallest absolute Gasteiger partial charge is 0.148 e. The maximum absolute atomic E-state index is 11.1. The second-order valence-electron chi connectivity index (χ2n) is 5.70. The summed E-state index contributed by atoms with van der Waals surface area (Å²) in [5, 5.41) is 13.1. The first-order chi connectivity index (χ1) is 8.38. The highest BCUT2D eigenvalue weighted by molar-refractivity contribution is 7.90. The Bertz CT molecular complexity index is 329. The van der Waals surface area contributed by atoms with Crippen molar-refractivity contribution in [3.8, 4) is 0 Å². The summed E-state index contributed by atoms with van der Waals surface area (Å²) < 4.78 is 22.2. The molecular weight excluding hydrogens is 250 g/mol. The molecule has 108 valence electrons. The van der Waals surface area contributed by atoms with Gasteiger partial charge in [-0.25, -0.2) is 8.42 Å². The summed E-state index contributed by atoms with van der Waals surface area (Å²) in [7, 11) is -2.89. The van der Waals surface area contributed by atoms with Crippen LogP contribution in [0.4, 0.5) is 0 Å². The molecule has 0 aromatic heterocycles. The number of rotatable bonds is 7. The third-order valence-electron chi connectivity index (χ3n) is 3.67. The molecule has 0 spiro atoms. The van der Waals surface area contributed by atoms with Crippen molar-refractivity contribution >= 4 is 9.84 Å². The van der Waals surface area contributed by atoms with Crippen LogP contribution >= 0.6 is 0 Å². The van der Waals surface area contributed by atoms with Crippen LogP contribution in [0.15, 0.2) is 0 Å². The molecule has 4 nitrogen and oxygen atoms in total. The van der Waals surface area contributed by atoms with E-state index in [1.54, 1.807) is 0 Å². The lowest BCUT2D eigenvalue weighted by molar-refractivity contribution is 0.0642. The average molecular weight is 277 g/mol. The van der Waals surface area contributed by atoms with Gasteiger partial charge in [0.15, 0.2) is 0 Å². The molecule has 3 unspecified atom stereocenters. The maximum Gasteiger partial charge on any atom is 0.148 e. The van der Waals surface area contributed by atoms with E-state index in [2.05, 4.69) is 5.32 Å². The molecule has 0 aromatic rings. The fourth-order valence-corrected chi connectivity index (χ4v) is 3.78. The summed E-state index contributed by atoms with van der Waals surface area (Å²) in [6, 6.07) is 0.0104. The van der Waals surface area contributed by atoms with Crippen LogP contribution < -0.4 is 5.32 Å². The highest BCUT2D eigenvalue weighted by Gasteiger charge is 2.22. The zero-order chi connectivity index (χ0) is 13.6. The Labute approximate surface area is 111 Å². The van der Waals surface area contributed by atoms with Gasteiger partial charge in [0.25, 0.3) is 0 Å². The van der Waals surface area contributed by atoms with E-state index in [4.69, 9.17) is 0 Å². The summed E-state index contributed by atoms with van der Waals surface area (Å²) in [6.45, 7) is 2.73. The molecule has 1 aliphatic rings. The van der Waals surface area contributed by atoms with Crippen LogP contribution in [-0.4, -0.2) is 44.2 Å². The van der Waals surface area contributed by atoms with Crippen molar-refractivity contribution in [2.45, 2.75) is 57.6 Å². The van der Waals surface area contributed by atoms with E-state index in [1.165, 1.54) is 12.7 Å². The first kappa shape index (κ1) is 15.9. The molecule has 0 aromatic carbocycles. The van der Waals surface area contributed by atoms with Gasteiger partial charge in [0.1, 0.15) is 9.84 Å². The lowest BCUT2D eigenvalue weighted by atomic mass is 9.83. The molecule has 0 aliphatic heterocycles. The molecule has 0 radical (unpaired) electrons. The lowest BCUT2D eigenvalue weighted by Crippen LogP contribution is -2.34. The molecule has 5 heteroatoms. The number of aliphatic hydroxyl groups excluding tert-OH is 1. The monoisotopic (exact) mass is 277 g/mol. The van der Waals surface area contributed by atoms with Crippen molar-refractivity contribution in [2.24, 2.45) is 5.92 Å². The van der Waals surface area contributed by atoms with Gasteiger partial charge in [-0.05, 0) is 45.1 Å². The second kappa shape index (κ2) is 7.46. The summed E-state index contributed by atoms with van der Waals surface area (Å²) in [5.41, 5.74) is 0. The Balaban J connectivity index is 2.11. The fourth-order valence-electron chi connectivity index (χ4n) is 2.75. The van der Waals surface area contributed by atoms with Gasteiger partial charge in [0.05, 0.1) is 11.9 Å². The van der Waals surface area contributed by atoms with Gasteiger partial charge >= 0.3 is 0 Å². The van der Waals surface area contributed by atoms with Gasteiger partial charge in [0, 0.05) is 12.3 Å². The van der Waals surface area contributed by atoms with Gasteiger partial charge in [-0.2, -0.15) is 0 Å². The zero-order valence-electron chi connectivity index (χ0n) is 11.6. The van der Waals surface area contributed by atoms with Crippen molar-refractivity contribution < 1.29 is 13.5 Å². The largest absolute Gasteiger partial charge is 0.393 e. The first-order valence-corrected chi connectivity index (χ1v) is 9.03. The van der Waals surface area contributed by atoms with Crippen LogP contribution in [-0.2, 0) is 9.84 Å². The number of aliphatic hydroxyl groups is 1. The summed E-state index contributed by atoms with van der Waals surface area (Å²) in [6.07, 6.45) is 7.68. The average Bonchev–Trinajstić information content (AvgIpc) is 2.24. The molecule has 2 N–H and O–H groups in total. The van der Waals surface area contributed by atoms with E-state index in [0.717, 1.165) is 38.6 Å². The topological polar surface area (TPSA) is 66.4 Å². The number of sulfone groups is 1. The van der Waals surface area contributed by atoms with Gasteiger partial charge in [-0.15, -0.1) is 0 Å². The summed E-state index contributed by atoms with van der Waals surface area (Å²) in [4.78, 5) is 0. The highest BCUT2D eigenvalue weighted by Crippen LogP contribution is 2.27. The molecule has 0 heterocycles. The molecule has 1 saturated carbocycles. The van der Waals surface area contributed by atoms with Crippen molar-refractivity contribution in [1.82, 2.24) is 5.32 Å². The summed E-state index contributed by atoms with van der Waals surface area (Å²) >= 11 is 0. The zero-order valence-corrected chi connectivity index (χ0v) is 12.4. The van der Waals surface area contributed by atoms with Crippen LogP contribution in [0.2, 0.25) is 0 Å². The Hall–Kier alpha value is -0.130. The Morgan fingerprint density at radius 3 is 2.61 bits per heavy atom. The van der Waals surface area contributed by atoms with Gasteiger partial charge < -0.3 is 10.4 Å². The maximum atomic E-state index is 11.1. The molecule has 0 bridgehead atoms. The van der Waals surface area contributed by atoms with Crippen molar-refractivity contribution in [3.63, 3.8) is 0 Å². The SMILES string of the molecule is CC(CS(C)(=O)=O)NCCCC1CCCCC1O. The quantitative estimate of drug-likeness (QED) is 0.689. The van der Waals surface area contributed by atoms with E-state index >= 15 is 0 Å². The molecule has 18 heavy (non-hydrogen) atoms. The van der Waals surface area contributed by atoms with Crippen LogP contribution in [0, 0.1) is 5.92 Å². The normalized spacial score (nSPS) is 27.1. The predicted octanol–water partition coefficient (Wildman–Crippen LogP) is 1.34. The van der Waals surface area contributed by atoms with Crippen molar-refractivity contribution in [3.05, 3.63) is 0 Å². The van der Waals surface area contributed by atoms with E-state index in [1.807, 2.05) is 6.92 Å². The molecule has 3 atom stereocenters. The molecule has 0 saturated heterocycles. The standard InChI is InChI=1S/C13H27NO3S/c1-11(10-18(2,16)17)14-9-5-7-12-6-3-4-8-13(12)15/h11-15H,3-10H2,1-2H3. The van der Waals surface area contributed by atoms with Crippen molar-refractivity contribution in [2.75, 3.05) is 18.6 Å². The van der Waals surface area contributed by atoms with E-state index in [9.17, 15) is 13.5 Å². The van der Waals surface area contributed by atoms with Gasteiger partial charge in [-0.3, -0.25) is 0 Å². The number of nitrogens with one attached hydrogen (secondary N) is 1. The van der Waals surface area contributed by atoms with E-state index in [0.29, 0.717) is 5.92 Å². The third kappa shape index (κ3) is 6.71. The van der Waals surface area contributed by atoms with E-state index in [-0.39, 0.29) is 17.9 Å². The summed E-state index contributed by atoms with van der Waals surface area (Å²) in [5.74, 6) is 0.643. The molecule has 1 rings (SSSR count). The lowest BCUT2D eigenvalue weighted by Gasteiger charge is -2.27. The predicted molar refractivity (Wildman–Crippen MR) is 74.4 cm³/mol. The first-order valence-electron chi connectivity index (χ1n) is 6.97. The van der Waals surface area contributed by atoms with Gasteiger partial charge in [-0.1, -0.05) is 12.8 Å². The number of hydrogen-bond acceptors (Lipinski definition) is 4. The molecule has 1 aliphatic carbocycles. The minimum atomic E-state index is -2.89.